The predicted molar refractivity (Wildman–Crippen MR) is 82.1 cm³/mol. The van der Waals surface area contributed by atoms with Crippen LogP contribution in [0.3, 0.4) is 0 Å². The van der Waals surface area contributed by atoms with Crippen molar-refractivity contribution in [2.24, 2.45) is 0 Å². The van der Waals surface area contributed by atoms with Crippen LogP contribution in [0.5, 0.6) is 0 Å². The summed E-state index contributed by atoms with van der Waals surface area (Å²) < 4.78 is 13.9. The summed E-state index contributed by atoms with van der Waals surface area (Å²) in [7, 11) is 1.20. The summed E-state index contributed by atoms with van der Waals surface area (Å²) in [4.78, 5) is 44.8. The van der Waals surface area contributed by atoms with Crippen LogP contribution in [-0.4, -0.2) is 36.5 Å². The van der Waals surface area contributed by atoms with E-state index in [0.717, 1.165) is 12.1 Å². The van der Waals surface area contributed by atoms with Gasteiger partial charge in [0.05, 0.1) is 24.4 Å². The van der Waals surface area contributed by atoms with Gasteiger partial charge in [0.1, 0.15) is 4.92 Å². The van der Waals surface area contributed by atoms with Crippen LogP contribution in [0.25, 0.3) is 0 Å². The van der Waals surface area contributed by atoms with Gasteiger partial charge in [0.15, 0.2) is 6.61 Å². The molecule has 1 aromatic carbocycles. The molecule has 1 amide bonds. The van der Waals surface area contributed by atoms with Gasteiger partial charge in [-0.2, -0.15) is 0 Å². The van der Waals surface area contributed by atoms with Crippen LogP contribution in [0.4, 0.5) is 11.6 Å². The van der Waals surface area contributed by atoms with E-state index in [1.807, 2.05) is 0 Å². The first-order valence-electron chi connectivity index (χ1n) is 6.81. The van der Waals surface area contributed by atoms with Gasteiger partial charge >= 0.3 is 17.8 Å². The third kappa shape index (κ3) is 4.41. The SMILES string of the molecule is COC(=O)c1ccccc1NC(=O)COC(=O)c1ccc([N+](=O)[O-])o1. The molecule has 0 atom stereocenters. The largest absolute Gasteiger partial charge is 0.465 e. The Morgan fingerprint density at radius 1 is 1.16 bits per heavy atom. The molecule has 0 radical (unpaired) electrons. The Morgan fingerprint density at radius 2 is 1.88 bits per heavy atom. The van der Waals surface area contributed by atoms with E-state index in [1.165, 1.54) is 19.2 Å². The minimum Gasteiger partial charge on any atom is -0.465 e. The molecule has 0 saturated carbocycles. The number of nitro groups is 1. The average Bonchev–Trinajstić information content (AvgIpc) is 3.10. The van der Waals surface area contributed by atoms with Crippen molar-refractivity contribution in [2.45, 2.75) is 0 Å². The summed E-state index contributed by atoms with van der Waals surface area (Å²) in [6.07, 6.45) is 0. The lowest BCUT2D eigenvalue weighted by molar-refractivity contribution is -0.402. The summed E-state index contributed by atoms with van der Waals surface area (Å²) in [6, 6.07) is 8.16. The van der Waals surface area contributed by atoms with E-state index < -0.39 is 41.0 Å². The first-order chi connectivity index (χ1) is 11.9. The Kier molecular flexibility index (Phi) is 5.46. The van der Waals surface area contributed by atoms with E-state index >= 15 is 0 Å². The van der Waals surface area contributed by atoms with Gasteiger partial charge in [-0.15, -0.1) is 0 Å². The molecule has 2 rings (SSSR count). The van der Waals surface area contributed by atoms with Crippen molar-refractivity contribution in [2.75, 3.05) is 19.0 Å². The number of hydrogen-bond acceptors (Lipinski definition) is 8. The van der Waals surface area contributed by atoms with E-state index in [-0.39, 0.29) is 11.3 Å². The number of benzene rings is 1. The van der Waals surface area contributed by atoms with Crippen molar-refractivity contribution in [3.05, 3.63) is 57.8 Å². The Balaban J connectivity index is 1.96. The molecule has 2 aromatic rings. The average molecular weight is 348 g/mol. The number of carbonyl (C=O) groups excluding carboxylic acids is 3. The molecular formula is C15H12N2O8. The van der Waals surface area contributed by atoms with Crippen LogP contribution in [0.2, 0.25) is 0 Å². The number of ether oxygens (including phenoxy) is 2. The molecule has 0 spiro atoms. The highest BCUT2D eigenvalue weighted by atomic mass is 16.7. The minimum atomic E-state index is -1.04. The fourth-order valence-corrected chi connectivity index (χ4v) is 1.80. The van der Waals surface area contributed by atoms with Gasteiger partial charge in [0.2, 0.25) is 5.76 Å². The molecule has 10 heteroatoms. The van der Waals surface area contributed by atoms with E-state index in [9.17, 15) is 24.5 Å². The molecule has 0 fully saturated rings. The van der Waals surface area contributed by atoms with Crippen LogP contribution in [-0.2, 0) is 14.3 Å². The van der Waals surface area contributed by atoms with Crippen LogP contribution in [0, 0.1) is 10.1 Å². The zero-order valence-electron chi connectivity index (χ0n) is 12.9. The van der Waals surface area contributed by atoms with Crippen molar-refractivity contribution < 1.29 is 33.2 Å². The Hall–Kier alpha value is -3.69. The predicted octanol–water partition coefficient (Wildman–Crippen LogP) is 1.77. The van der Waals surface area contributed by atoms with Crippen molar-refractivity contribution in [1.29, 1.82) is 0 Å². The standard InChI is InChI=1S/C15H12N2O8/c1-23-14(19)9-4-2-3-5-10(9)16-12(18)8-24-15(20)11-6-7-13(25-11)17(21)22/h2-7H,8H2,1H3,(H,16,18). The molecule has 1 heterocycles. The summed E-state index contributed by atoms with van der Waals surface area (Å²) in [6.45, 7) is -0.678. The summed E-state index contributed by atoms with van der Waals surface area (Å²) in [5, 5.41) is 12.9. The van der Waals surface area contributed by atoms with Gasteiger partial charge in [-0.05, 0) is 18.2 Å². The molecule has 1 aromatic heterocycles. The number of para-hydroxylation sites is 1. The fraction of sp³-hybridized carbons (Fsp3) is 0.133. The van der Waals surface area contributed by atoms with Gasteiger partial charge in [-0.25, -0.2) is 9.59 Å². The molecule has 0 bridgehead atoms. The van der Waals surface area contributed by atoms with Crippen LogP contribution < -0.4 is 5.32 Å². The van der Waals surface area contributed by atoms with Crippen LogP contribution in [0.1, 0.15) is 20.9 Å². The number of anilines is 1. The molecule has 1 N–H and O–H groups in total. The molecule has 0 aliphatic carbocycles. The lowest BCUT2D eigenvalue weighted by Gasteiger charge is -2.09. The Labute approximate surface area is 140 Å². The third-order valence-corrected chi connectivity index (χ3v) is 2.91. The Bertz CT molecular complexity index is 826. The number of amides is 1. The lowest BCUT2D eigenvalue weighted by atomic mass is 10.2. The third-order valence-electron chi connectivity index (χ3n) is 2.91. The number of methoxy groups -OCH3 is 1. The van der Waals surface area contributed by atoms with Gasteiger partial charge in [0, 0.05) is 0 Å². The van der Waals surface area contributed by atoms with Gasteiger partial charge < -0.3 is 19.2 Å². The topological polar surface area (TPSA) is 138 Å². The van der Waals surface area contributed by atoms with E-state index in [2.05, 4.69) is 14.5 Å². The maximum absolute atomic E-state index is 11.8. The second kappa shape index (κ2) is 7.73. The molecule has 0 aliphatic heterocycles. The fourth-order valence-electron chi connectivity index (χ4n) is 1.80. The molecule has 10 nitrogen and oxygen atoms in total. The number of furan rings is 1. The molecule has 0 saturated heterocycles. The first-order valence-corrected chi connectivity index (χ1v) is 6.81. The minimum absolute atomic E-state index is 0.131. The quantitative estimate of drug-likeness (QED) is 0.473. The summed E-state index contributed by atoms with van der Waals surface area (Å²) in [5.74, 6) is -3.43. The first kappa shape index (κ1) is 17.7. The van der Waals surface area contributed by atoms with Crippen molar-refractivity contribution in [1.82, 2.24) is 0 Å². The highest BCUT2D eigenvalue weighted by Gasteiger charge is 2.20. The number of nitrogens with one attached hydrogen (secondary N) is 1. The highest BCUT2D eigenvalue weighted by Crippen LogP contribution is 2.17. The van der Waals surface area contributed by atoms with Gasteiger partial charge in [0.25, 0.3) is 5.91 Å². The van der Waals surface area contributed by atoms with Crippen molar-refractivity contribution in [3.8, 4) is 0 Å². The van der Waals surface area contributed by atoms with Crippen molar-refractivity contribution in [3.63, 3.8) is 0 Å². The lowest BCUT2D eigenvalue weighted by Crippen LogP contribution is -2.22. The zero-order chi connectivity index (χ0) is 18.4. The van der Waals surface area contributed by atoms with Crippen LogP contribution >= 0.6 is 0 Å². The van der Waals surface area contributed by atoms with Crippen molar-refractivity contribution >= 4 is 29.4 Å². The van der Waals surface area contributed by atoms with Gasteiger partial charge in [-0.3, -0.25) is 14.9 Å². The number of rotatable bonds is 6. The summed E-state index contributed by atoms with van der Waals surface area (Å²) >= 11 is 0. The smallest absolute Gasteiger partial charge is 0.433 e. The summed E-state index contributed by atoms with van der Waals surface area (Å²) in [5.41, 5.74) is 0.315. The molecule has 25 heavy (non-hydrogen) atoms. The number of carbonyl (C=O) groups is 3. The van der Waals surface area contributed by atoms with E-state index in [1.54, 1.807) is 12.1 Å². The number of esters is 2. The normalized spacial score (nSPS) is 9.96. The maximum Gasteiger partial charge on any atom is 0.433 e. The van der Waals surface area contributed by atoms with Crippen LogP contribution in [0.15, 0.2) is 40.8 Å². The highest BCUT2D eigenvalue weighted by molar-refractivity contribution is 6.02. The monoisotopic (exact) mass is 348 g/mol. The van der Waals surface area contributed by atoms with Gasteiger partial charge in [-0.1, -0.05) is 12.1 Å². The Morgan fingerprint density at radius 3 is 2.52 bits per heavy atom. The maximum atomic E-state index is 11.8. The molecule has 0 unspecified atom stereocenters. The molecule has 130 valence electrons. The molecule has 0 aliphatic rings. The number of hydrogen-bond donors (Lipinski definition) is 1. The number of nitrogens with zero attached hydrogens (tertiary/aromatic N) is 1. The second-order valence-corrected chi connectivity index (χ2v) is 4.56. The zero-order valence-corrected chi connectivity index (χ0v) is 12.9. The molecular weight excluding hydrogens is 336 g/mol. The second-order valence-electron chi connectivity index (χ2n) is 4.56. The van der Waals surface area contributed by atoms with E-state index in [4.69, 9.17) is 4.74 Å². The van der Waals surface area contributed by atoms with E-state index in [0.29, 0.717) is 0 Å².